The summed E-state index contributed by atoms with van der Waals surface area (Å²) in [6.45, 7) is 0.918. The Hall–Kier alpha value is -3.26. The molecule has 1 heterocycles. The lowest BCUT2D eigenvalue weighted by Crippen LogP contribution is -2.26. The van der Waals surface area contributed by atoms with E-state index in [2.05, 4.69) is 16.2 Å². The molecule has 25 heavy (non-hydrogen) atoms. The second kappa shape index (κ2) is 7.54. The normalized spacial score (nSPS) is 10.4. The molecular formula is C20H19N3O2. The Morgan fingerprint density at radius 2 is 2.00 bits per heavy atom. The summed E-state index contributed by atoms with van der Waals surface area (Å²) in [5.41, 5.74) is 2.43. The number of rotatable bonds is 6. The van der Waals surface area contributed by atoms with Crippen LogP contribution in [0.4, 0.5) is 0 Å². The molecule has 0 fully saturated rings. The number of fused-ring (bicyclic) bond motifs is 1. The van der Waals surface area contributed by atoms with E-state index in [9.17, 15) is 4.79 Å². The summed E-state index contributed by atoms with van der Waals surface area (Å²) in [4.78, 5) is 17.0. The molecule has 0 atom stereocenters. The van der Waals surface area contributed by atoms with Gasteiger partial charge < -0.3 is 14.6 Å². The van der Waals surface area contributed by atoms with E-state index in [1.54, 1.807) is 19.2 Å². The molecule has 3 rings (SSSR count). The highest BCUT2D eigenvalue weighted by Crippen LogP contribution is 2.18. The van der Waals surface area contributed by atoms with E-state index in [1.807, 2.05) is 41.0 Å². The van der Waals surface area contributed by atoms with Crippen LogP contribution in [0, 0.1) is 12.3 Å². The molecule has 0 aliphatic heterocycles. The van der Waals surface area contributed by atoms with Crippen LogP contribution in [-0.4, -0.2) is 29.1 Å². The number of hydrogen-bond donors (Lipinski definition) is 1. The van der Waals surface area contributed by atoms with Crippen molar-refractivity contribution in [1.29, 1.82) is 0 Å². The van der Waals surface area contributed by atoms with Crippen LogP contribution >= 0.6 is 0 Å². The summed E-state index contributed by atoms with van der Waals surface area (Å²) in [6, 6.07) is 15.0. The molecule has 0 unspecified atom stereocenters. The highest BCUT2D eigenvalue weighted by Gasteiger charge is 2.13. The van der Waals surface area contributed by atoms with Crippen LogP contribution in [0.5, 0.6) is 5.75 Å². The third-order valence-electron chi connectivity index (χ3n) is 3.97. The zero-order chi connectivity index (χ0) is 17.6. The lowest BCUT2D eigenvalue weighted by atomic mass is 10.2. The molecule has 0 saturated carbocycles. The first-order valence-electron chi connectivity index (χ1n) is 8.03. The molecule has 0 aliphatic carbocycles. The van der Waals surface area contributed by atoms with E-state index >= 15 is 0 Å². The van der Waals surface area contributed by atoms with E-state index < -0.39 is 0 Å². The number of aromatic nitrogens is 2. The first-order valence-corrected chi connectivity index (χ1v) is 8.03. The van der Waals surface area contributed by atoms with Gasteiger partial charge in [-0.1, -0.05) is 30.2 Å². The fraction of sp³-hybridized carbons (Fsp3) is 0.200. The number of para-hydroxylation sites is 3. The van der Waals surface area contributed by atoms with Crippen molar-refractivity contribution in [2.75, 3.05) is 13.7 Å². The lowest BCUT2D eigenvalue weighted by molar-refractivity contribution is 0.0951. The minimum Gasteiger partial charge on any atom is -0.496 e. The lowest BCUT2D eigenvalue weighted by Gasteiger charge is -2.09. The molecule has 0 saturated heterocycles. The van der Waals surface area contributed by atoms with Crippen molar-refractivity contribution in [1.82, 2.24) is 14.9 Å². The summed E-state index contributed by atoms with van der Waals surface area (Å²) >= 11 is 0. The second-order valence-corrected chi connectivity index (χ2v) is 5.51. The Morgan fingerprint density at radius 1 is 1.24 bits per heavy atom. The van der Waals surface area contributed by atoms with Gasteiger partial charge >= 0.3 is 0 Å². The van der Waals surface area contributed by atoms with Gasteiger partial charge in [-0.2, -0.15) is 0 Å². The van der Waals surface area contributed by atoms with Crippen molar-refractivity contribution >= 4 is 16.9 Å². The van der Waals surface area contributed by atoms with Crippen molar-refractivity contribution in [2.24, 2.45) is 0 Å². The topological polar surface area (TPSA) is 56.2 Å². The number of benzene rings is 2. The quantitative estimate of drug-likeness (QED) is 0.706. The standard InChI is InChI=1S/C20H19N3O2/c1-3-14-23-17-10-6-5-9-16(17)22-19(23)12-13-21-20(24)15-8-4-7-11-18(15)25-2/h1,4-11H,12-14H2,2H3,(H,21,24). The number of imidazole rings is 1. The predicted octanol–water partition coefficient (Wildman–Crippen LogP) is 2.65. The summed E-state index contributed by atoms with van der Waals surface area (Å²) in [5, 5.41) is 2.91. The molecule has 1 aromatic heterocycles. The smallest absolute Gasteiger partial charge is 0.255 e. The van der Waals surface area contributed by atoms with E-state index in [0.717, 1.165) is 16.9 Å². The SMILES string of the molecule is C#CCn1c(CCNC(=O)c2ccccc2OC)nc2ccccc21. The fourth-order valence-corrected chi connectivity index (χ4v) is 2.80. The van der Waals surface area contributed by atoms with Gasteiger partial charge in [0.1, 0.15) is 11.6 Å². The molecular weight excluding hydrogens is 314 g/mol. The molecule has 0 radical (unpaired) electrons. The van der Waals surface area contributed by atoms with Crippen molar-refractivity contribution in [3.05, 3.63) is 59.9 Å². The largest absolute Gasteiger partial charge is 0.496 e. The monoisotopic (exact) mass is 333 g/mol. The van der Waals surface area contributed by atoms with Gasteiger partial charge in [0.2, 0.25) is 0 Å². The van der Waals surface area contributed by atoms with Gasteiger partial charge in [-0.25, -0.2) is 4.98 Å². The first-order chi connectivity index (χ1) is 12.2. The maximum absolute atomic E-state index is 12.3. The van der Waals surface area contributed by atoms with Gasteiger partial charge in [0.25, 0.3) is 5.91 Å². The van der Waals surface area contributed by atoms with Gasteiger partial charge in [0, 0.05) is 13.0 Å². The number of amides is 1. The van der Waals surface area contributed by atoms with Crippen molar-refractivity contribution in [3.63, 3.8) is 0 Å². The van der Waals surface area contributed by atoms with Gasteiger partial charge in [-0.05, 0) is 24.3 Å². The van der Waals surface area contributed by atoms with Gasteiger partial charge in [0.15, 0.2) is 0 Å². The molecule has 3 aromatic rings. The van der Waals surface area contributed by atoms with Gasteiger partial charge in [-0.3, -0.25) is 4.79 Å². The Bertz CT molecular complexity index is 938. The van der Waals surface area contributed by atoms with Crippen molar-refractivity contribution in [2.45, 2.75) is 13.0 Å². The molecule has 2 aromatic carbocycles. The number of carbonyl (C=O) groups excluding carboxylic acids is 1. The minimum absolute atomic E-state index is 0.169. The average molecular weight is 333 g/mol. The number of terminal acetylenes is 1. The molecule has 5 heteroatoms. The number of nitrogens with zero attached hydrogens (tertiary/aromatic N) is 2. The molecule has 1 N–H and O–H groups in total. The third kappa shape index (κ3) is 3.48. The maximum Gasteiger partial charge on any atom is 0.255 e. The van der Waals surface area contributed by atoms with E-state index in [1.165, 1.54) is 0 Å². The summed E-state index contributed by atoms with van der Waals surface area (Å²) < 4.78 is 7.23. The minimum atomic E-state index is -0.169. The third-order valence-corrected chi connectivity index (χ3v) is 3.97. The molecule has 1 amide bonds. The number of nitrogens with one attached hydrogen (secondary N) is 1. The van der Waals surface area contributed by atoms with Crippen molar-refractivity contribution < 1.29 is 9.53 Å². The fourth-order valence-electron chi connectivity index (χ4n) is 2.80. The molecule has 5 nitrogen and oxygen atoms in total. The van der Waals surface area contributed by atoms with E-state index in [-0.39, 0.29) is 5.91 Å². The zero-order valence-corrected chi connectivity index (χ0v) is 14.0. The number of ether oxygens (including phenoxy) is 1. The Balaban J connectivity index is 1.72. The van der Waals surface area contributed by atoms with Crippen molar-refractivity contribution in [3.8, 4) is 18.1 Å². The summed E-state index contributed by atoms with van der Waals surface area (Å²) in [7, 11) is 1.55. The van der Waals surface area contributed by atoms with Crippen LogP contribution in [0.25, 0.3) is 11.0 Å². The number of methoxy groups -OCH3 is 1. The molecule has 0 bridgehead atoms. The van der Waals surface area contributed by atoms with Crippen LogP contribution < -0.4 is 10.1 Å². The van der Waals surface area contributed by atoms with Crippen LogP contribution in [0.2, 0.25) is 0 Å². The maximum atomic E-state index is 12.3. The Labute approximate surface area is 146 Å². The van der Waals surface area contributed by atoms with Gasteiger partial charge in [-0.15, -0.1) is 6.42 Å². The van der Waals surface area contributed by atoms with Crippen LogP contribution in [0.15, 0.2) is 48.5 Å². The number of carbonyl (C=O) groups is 1. The second-order valence-electron chi connectivity index (χ2n) is 5.51. The van der Waals surface area contributed by atoms with Crippen LogP contribution in [0.1, 0.15) is 16.2 Å². The van der Waals surface area contributed by atoms with Crippen LogP contribution in [-0.2, 0) is 13.0 Å². The number of hydrogen-bond acceptors (Lipinski definition) is 3. The van der Waals surface area contributed by atoms with E-state index in [4.69, 9.17) is 11.2 Å². The Kier molecular flexibility index (Phi) is 5.00. The molecule has 0 spiro atoms. The molecule has 0 aliphatic rings. The summed E-state index contributed by atoms with van der Waals surface area (Å²) in [5.74, 6) is 3.91. The highest BCUT2D eigenvalue weighted by atomic mass is 16.5. The van der Waals surface area contributed by atoms with Gasteiger partial charge in [0.05, 0.1) is 30.3 Å². The predicted molar refractivity (Wildman–Crippen MR) is 97.6 cm³/mol. The first kappa shape index (κ1) is 16.6. The van der Waals surface area contributed by atoms with E-state index in [0.29, 0.717) is 30.8 Å². The molecule has 126 valence electrons. The highest BCUT2D eigenvalue weighted by molar-refractivity contribution is 5.96. The van der Waals surface area contributed by atoms with Crippen LogP contribution in [0.3, 0.4) is 0 Å². The summed E-state index contributed by atoms with van der Waals surface area (Å²) in [6.07, 6.45) is 6.08. The average Bonchev–Trinajstić information content (AvgIpc) is 2.99. The zero-order valence-electron chi connectivity index (χ0n) is 14.0. The Morgan fingerprint density at radius 3 is 2.80 bits per heavy atom.